The molecule has 1 aliphatic heterocycles. The minimum absolute atomic E-state index is 0.0378. The quantitative estimate of drug-likeness (QED) is 0.888. The smallest absolute Gasteiger partial charge is 0.247 e. The number of hydrogen-bond acceptors (Lipinski definition) is 5. The number of carbonyl (C=O) groups is 1. The van der Waals surface area contributed by atoms with E-state index in [0.717, 1.165) is 37.2 Å². The number of amides is 1. The average Bonchev–Trinajstić information content (AvgIpc) is 3.03. The summed E-state index contributed by atoms with van der Waals surface area (Å²) in [5.41, 5.74) is 1.54. The van der Waals surface area contributed by atoms with Crippen LogP contribution in [0.4, 0.5) is 5.69 Å². The highest BCUT2D eigenvalue weighted by molar-refractivity contribution is 5.93. The fraction of sp³-hybridized carbons (Fsp3) is 0.357. The van der Waals surface area contributed by atoms with Crippen molar-refractivity contribution in [3.63, 3.8) is 0 Å². The molecule has 1 aromatic carbocycles. The van der Waals surface area contributed by atoms with Crippen molar-refractivity contribution >= 4 is 11.6 Å². The summed E-state index contributed by atoms with van der Waals surface area (Å²) in [7, 11) is 0. The largest absolute Gasteiger partial charge is 0.423 e. The van der Waals surface area contributed by atoms with Crippen molar-refractivity contribution in [1.29, 1.82) is 0 Å². The molecule has 2 aromatic rings. The molecule has 6 heteroatoms. The van der Waals surface area contributed by atoms with Gasteiger partial charge in [0.15, 0.2) is 0 Å². The highest BCUT2D eigenvalue weighted by Gasteiger charge is 2.20. The fourth-order valence-electron chi connectivity index (χ4n) is 2.35. The lowest BCUT2D eigenvalue weighted by Gasteiger charge is -2.21. The third-order valence-electron chi connectivity index (χ3n) is 3.40. The van der Waals surface area contributed by atoms with Crippen LogP contribution in [0.5, 0.6) is 0 Å². The Labute approximate surface area is 116 Å². The predicted octanol–water partition coefficient (Wildman–Crippen LogP) is 1.67. The molecule has 0 saturated carbocycles. The molecule has 0 radical (unpaired) electrons. The molecule has 0 bridgehead atoms. The van der Waals surface area contributed by atoms with Crippen molar-refractivity contribution in [3.8, 4) is 11.5 Å². The Morgan fingerprint density at radius 2 is 2.40 bits per heavy atom. The van der Waals surface area contributed by atoms with E-state index in [9.17, 15) is 4.79 Å². The van der Waals surface area contributed by atoms with Gasteiger partial charge in [-0.15, -0.1) is 10.2 Å². The minimum Gasteiger partial charge on any atom is -0.423 e. The van der Waals surface area contributed by atoms with Gasteiger partial charge in [-0.05, 0) is 37.6 Å². The zero-order chi connectivity index (χ0) is 13.8. The van der Waals surface area contributed by atoms with E-state index in [1.807, 2.05) is 24.3 Å². The number of nitrogens with one attached hydrogen (secondary N) is 2. The molecular formula is C14H16N4O2. The van der Waals surface area contributed by atoms with Gasteiger partial charge < -0.3 is 15.1 Å². The molecule has 2 N–H and O–H groups in total. The molecule has 104 valence electrons. The summed E-state index contributed by atoms with van der Waals surface area (Å²) in [6.45, 7) is 1.74. The molecule has 20 heavy (non-hydrogen) atoms. The second-order valence-corrected chi connectivity index (χ2v) is 4.86. The first-order chi connectivity index (χ1) is 9.83. The van der Waals surface area contributed by atoms with Crippen LogP contribution in [-0.2, 0) is 4.79 Å². The van der Waals surface area contributed by atoms with E-state index >= 15 is 0 Å². The van der Waals surface area contributed by atoms with E-state index in [4.69, 9.17) is 4.42 Å². The number of nitrogens with zero attached hydrogens (tertiary/aromatic N) is 2. The number of piperidine rings is 1. The highest BCUT2D eigenvalue weighted by Crippen LogP contribution is 2.21. The molecule has 1 fully saturated rings. The third kappa shape index (κ3) is 2.85. The molecule has 6 nitrogen and oxygen atoms in total. The molecule has 2 heterocycles. The molecule has 1 unspecified atom stereocenters. The minimum atomic E-state index is 0.0378. The summed E-state index contributed by atoms with van der Waals surface area (Å²) in [6.07, 6.45) is 3.26. The normalized spacial score (nSPS) is 18.7. The van der Waals surface area contributed by atoms with E-state index in [-0.39, 0.29) is 11.8 Å². The Balaban J connectivity index is 1.71. The molecule has 1 atom stereocenters. The first-order valence-electron chi connectivity index (χ1n) is 6.71. The van der Waals surface area contributed by atoms with Crippen molar-refractivity contribution in [2.75, 3.05) is 18.4 Å². The van der Waals surface area contributed by atoms with Crippen LogP contribution in [0.25, 0.3) is 11.5 Å². The second kappa shape index (κ2) is 5.83. The average molecular weight is 272 g/mol. The molecule has 3 rings (SSSR count). The van der Waals surface area contributed by atoms with Crippen molar-refractivity contribution in [2.24, 2.45) is 5.92 Å². The van der Waals surface area contributed by atoms with Crippen molar-refractivity contribution in [3.05, 3.63) is 30.7 Å². The van der Waals surface area contributed by atoms with Crippen LogP contribution in [0.15, 0.2) is 35.1 Å². The van der Waals surface area contributed by atoms with E-state index in [0.29, 0.717) is 5.89 Å². The van der Waals surface area contributed by atoms with Gasteiger partial charge in [-0.25, -0.2) is 0 Å². The SMILES string of the molecule is O=C(Nc1cccc(-c2nnco2)c1)C1CCCNC1. The number of anilines is 1. The fourth-order valence-corrected chi connectivity index (χ4v) is 2.35. The van der Waals surface area contributed by atoms with Crippen LogP contribution < -0.4 is 10.6 Å². The summed E-state index contributed by atoms with van der Waals surface area (Å²) in [5, 5.41) is 13.7. The van der Waals surface area contributed by atoms with Gasteiger partial charge in [0.1, 0.15) is 0 Å². The maximum Gasteiger partial charge on any atom is 0.247 e. The zero-order valence-electron chi connectivity index (χ0n) is 11.0. The lowest BCUT2D eigenvalue weighted by atomic mass is 9.99. The van der Waals surface area contributed by atoms with Gasteiger partial charge in [-0.3, -0.25) is 4.79 Å². The molecule has 0 aliphatic carbocycles. The lowest BCUT2D eigenvalue weighted by Crippen LogP contribution is -2.37. The van der Waals surface area contributed by atoms with Gasteiger partial charge >= 0.3 is 0 Å². The monoisotopic (exact) mass is 272 g/mol. The van der Waals surface area contributed by atoms with Crippen molar-refractivity contribution in [2.45, 2.75) is 12.8 Å². The standard InChI is InChI=1S/C14H16N4O2/c19-13(11-4-2-6-15-8-11)17-12-5-1-3-10(7-12)14-18-16-9-20-14/h1,3,5,7,9,11,15H,2,4,6,8H2,(H,17,19). The maximum atomic E-state index is 12.2. The van der Waals surface area contributed by atoms with Crippen LogP contribution in [-0.4, -0.2) is 29.2 Å². The van der Waals surface area contributed by atoms with Crippen molar-refractivity contribution in [1.82, 2.24) is 15.5 Å². The van der Waals surface area contributed by atoms with E-state index in [1.165, 1.54) is 6.39 Å². The summed E-state index contributed by atoms with van der Waals surface area (Å²) < 4.78 is 5.15. The Hall–Kier alpha value is -2.21. The molecule has 0 spiro atoms. The highest BCUT2D eigenvalue weighted by atomic mass is 16.4. The third-order valence-corrected chi connectivity index (χ3v) is 3.40. The Morgan fingerprint density at radius 3 is 3.15 bits per heavy atom. The van der Waals surface area contributed by atoms with Crippen LogP contribution in [0.2, 0.25) is 0 Å². The van der Waals surface area contributed by atoms with Crippen LogP contribution >= 0.6 is 0 Å². The summed E-state index contributed by atoms with van der Waals surface area (Å²) in [5.74, 6) is 0.538. The van der Waals surface area contributed by atoms with Crippen molar-refractivity contribution < 1.29 is 9.21 Å². The number of benzene rings is 1. The number of carbonyl (C=O) groups excluding carboxylic acids is 1. The number of hydrogen-bond donors (Lipinski definition) is 2. The van der Waals surface area contributed by atoms with Gasteiger partial charge in [0.25, 0.3) is 0 Å². The molecule has 1 aromatic heterocycles. The topological polar surface area (TPSA) is 80.1 Å². The molecule has 1 amide bonds. The first kappa shape index (κ1) is 12.8. The molecule has 1 saturated heterocycles. The van der Waals surface area contributed by atoms with Crippen LogP contribution in [0, 0.1) is 5.92 Å². The number of rotatable bonds is 3. The zero-order valence-corrected chi connectivity index (χ0v) is 11.0. The predicted molar refractivity (Wildman–Crippen MR) is 74.0 cm³/mol. The van der Waals surface area contributed by atoms with Gasteiger partial charge in [0, 0.05) is 17.8 Å². The van der Waals surface area contributed by atoms with E-state index in [1.54, 1.807) is 0 Å². The Morgan fingerprint density at radius 1 is 1.45 bits per heavy atom. The summed E-state index contributed by atoms with van der Waals surface area (Å²) in [6, 6.07) is 7.41. The van der Waals surface area contributed by atoms with Gasteiger partial charge in [0.05, 0.1) is 5.92 Å². The van der Waals surface area contributed by atoms with Crippen LogP contribution in [0.3, 0.4) is 0 Å². The van der Waals surface area contributed by atoms with Gasteiger partial charge in [0.2, 0.25) is 18.2 Å². The molecule has 1 aliphatic rings. The van der Waals surface area contributed by atoms with E-state index in [2.05, 4.69) is 20.8 Å². The first-order valence-corrected chi connectivity index (χ1v) is 6.71. The maximum absolute atomic E-state index is 12.2. The molecular weight excluding hydrogens is 256 g/mol. The Kier molecular flexibility index (Phi) is 3.73. The second-order valence-electron chi connectivity index (χ2n) is 4.86. The summed E-state index contributed by atoms with van der Waals surface area (Å²) in [4.78, 5) is 12.2. The van der Waals surface area contributed by atoms with Gasteiger partial charge in [-0.1, -0.05) is 6.07 Å². The van der Waals surface area contributed by atoms with Gasteiger partial charge in [-0.2, -0.15) is 0 Å². The van der Waals surface area contributed by atoms with Crippen LogP contribution in [0.1, 0.15) is 12.8 Å². The van der Waals surface area contributed by atoms with E-state index < -0.39 is 0 Å². The number of aromatic nitrogens is 2. The Bertz CT molecular complexity index is 577. The lowest BCUT2D eigenvalue weighted by molar-refractivity contribution is -0.120. The summed E-state index contributed by atoms with van der Waals surface area (Å²) >= 11 is 0.